The molecule has 0 fully saturated rings. The first-order chi connectivity index (χ1) is 14.5. The van der Waals surface area contributed by atoms with E-state index in [9.17, 15) is 13.9 Å². The monoisotopic (exact) mass is 409 g/mol. The van der Waals surface area contributed by atoms with Gasteiger partial charge in [0.2, 0.25) is 0 Å². The van der Waals surface area contributed by atoms with Gasteiger partial charge in [0, 0.05) is 30.2 Å². The molecule has 0 amide bonds. The summed E-state index contributed by atoms with van der Waals surface area (Å²) < 4.78 is 31.3. The van der Waals surface area contributed by atoms with Gasteiger partial charge < -0.3 is 9.51 Å². The van der Waals surface area contributed by atoms with Crippen molar-refractivity contribution in [3.8, 4) is 0 Å². The van der Waals surface area contributed by atoms with Crippen LogP contribution in [0.1, 0.15) is 24.5 Å². The van der Waals surface area contributed by atoms with Gasteiger partial charge in [0.15, 0.2) is 0 Å². The highest BCUT2D eigenvalue weighted by molar-refractivity contribution is 5.52. The Kier molecular flexibility index (Phi) is 5.41. The van der Waals surface area contributed by atoms with E-state index in [0.29, 0.717) is 6.42 Å². The lowest BCUT2D eigenvalue weighted by atomic mass is 9.80. The fraction of sp³-hybridized carbons (Fsp3) is 0.227. The molecule has 6 nitrogen and oxygen atoms in total. The molecule has 0 spiro atoms. The minimum Gasteiger partial charge on any atom is -0.383 e. The largest absolute Gasteiger partial charge is 0.383 e. The third-order valence-electron chi connectivity index (χ3n) is 5.29. The average Bonchev–Trinajstić information content (AvgIpc) is 3.39. The van der Waals surface area contributed by atoms with Crippen molar-refractivity contribution >= 4 is 11.7 Å². The number of hydrogen-bond donors (Lipinski definition) is 1. The number of hydrogen-bond acceptors (Lipinski definition) is 4. The van der Waals surface area contributed by atoms with E-state index in [1.807, 2.05) is 48.0 Å². The van der Waals surface area contributed by atoms with Gasteiger partial charge >= 0.3 is 0 Å². The van der Waals surface area contributed by atoms with Crippen molar-refractivity contribution in [3.05, 3.63) is 90.4 Å². The average molecular weight is 409 g/mol. The molecular weight excluding hydrogens is 388 g/mol. The van der Waals surface area contributed by atoms with Crippen molar-refractivity contribution in [3.63, 3.8) is 0 Å². The highest BCUT2D eigenvalue weighted by Gasteiger charge is 2.38. The molecule has 0 saturated heterocycles. The van der Waals surface area contributed by atoms with Gasteiger partial charge in [-0.05, 0) is 36.1 Å². The topological polar surface area (TPSA) is 68.2 Å². The zero-order chi connectivity index (χ0) is 21.1. The van der Waals surface area contributed by atoms with Crippen molar-refractivity contribution in [2.75, 3.05) is 0 Å². The van der Waals surface area contributed by atoms with E-state index >= 15 is 0 Å². The zero-order valence-corrected chi connectivity index (χ0v) is 16.4. The van der Waals surface area contributed by atoms with Crippen LogP contribution in [0.3, 0.4) is 0 Å². The van der Waals surface area contributed by atoms with Crippen LogP contribution in [0, 0.1) is 17.6 Å². The molecule has 154 valence electrons. The van der Waals surface area contributed by atoms with Gasteiger partial charge in [-0.3, -0.25) is 0 Å². The van der Waals surface area contributed by atoms with E-state index in [4.69, 9.17) is 0 Å². The van der Waals surface area contributed by atoms with Crippen molar-refractivity contribution in [1.82, 2.24) is 24.1 Å². The fourth-order valence-corrected chi connectivity index (χ4v) is 3.55. The van der Waals surface area contributed by atoms with E-state index in [2.05, 4.69) is 15.1 Å². The number of rotatable bonds is 7. The van der Waals surface area contributed by atoms with Crippen LogP contribution < -0.4 is 0 Å². The molecule has 0 radical (unpaired) electrons. The Hall–Kier alpha value is -3.39. The first-order valence-corrected chi connectivity index (χ1v) is 9.55. The first kappa shape index (κ1) is 19.9. The third-order valence-corrected chi connectivity index (χ3v) is 5.29. The molecule has 4 rings (SSSR count). The van der Waals surface area contributed by atoms with Crippen LogP contribution in [0.2, 0.25) is 0 Å². The van der Waals surface area contributed by atoms with Crippen molar-refractivity contribution in [1.29, 1.82) is 0 Å². The molecule has 3 heterocycles. The Morgan fingerprint density at radius 1 is 1.23 bits per heavy atom. The Morgan fingerprint density at radius 3 is 2.87 bits per heavy atom. The lowest BCUT2D eigenvalue weighted by molar-refractivity contribution is -0.0379. The molecule has 0 unspecified atom stereocenters. The summed E-state index contributed by atoms with van der Waals surface area (Å²) in [6.07, 6.45) is 12.7. The summed E-state index contributed by atoms with van der Waals surface area (Å²) >= 11 is 0. The molecule has 3 aromatic heterocycles. The Labute approximate surface area is 172 Å². The second-order valence-electron chi connectivity index (χ2n) is 7.34. The van der Waals surface area contributed by atoms with Gasteiger partial charge in [-0.1, -0.05) is 25.1 Å². The second kappa shape index (κ2) is 8.16. The first-order valence-electron chi connectivity index (χ1n) is 9.55. The summed E-state index contributed by atoms with van der Waals surface area (Å²) in [5.41, 5.74) is 0.250. The molecule has 30 heavy (non-hydrogen) atoms. The van der Waals surface area contributed by atoms with Crippen LogP contribution in [-0.4, -0.2) is 29.3 Å². The molecule has 0 aliphatic carbocycles. The van der Waals surface area contributed by atoms with Crippen LogP contribution in [0.15, 0.2) is 67.7 Å². The van der Waals surface area contributed by atoms with Gasteiger partial charge in [-0.15, -0.1) is 0 Å². The summed E-state index contributed by atoms with van der Waals surface area (Å²) in [6.45, 7) is 1.81. The van der Waals surface area contributed by atoms with Crippen LogP contribution in [0.4, 0.5) is 8.78 Å². The van der Waals surface area contributed by atoms with E-state index < -0.39 is 23.2 Å². The molecule has 0 bridgehead atoms. The number of aliphatic hydroxyl groups is 1. The maximum Gasteiger partial charge on any atom is 0.137 e. The molecule has 0 saturated carbocycles. The van der Waals surface area contributed by atoms with Gasteiger partial charge in [0.25, 0.3) is 0 Å². The van der Waals surface area contributed by atoms with Crippen molar-refractivity contribution in [2.24, 2.45) is 5.92 Å². The third kappa shape index (κ3) is 3.99. The number of nitrogens with zero attached hydrogens (tertiary/aromatic N) is 5. The lowest BCUT2D eigenvalue weighted by Gasteiger charge is -2.34. The molecule has 0 aliphatic heterocycles. The van der Waals surface area contributed by atoms with Crippen LogP contribution >= 0.6 is 0 Å². The Balaban J connectivity index is 1.59. The number of benzene rings is 1. The smallest absolute Gasteiger partial charge is 0.137 e. The number of aromatic nitrogens is 5. The van der Waals surface area contributed by atoms with Crippen molar-refractivity contribution in [2.45, 2.75) is 25.5 Å². The predicted octanol–water partition coefficient (Wildman–Crippen LogP) is 3.83. The van der Waals surface area contributed by atoms with Crippen LogP contribution in [-0.2, 0) is 12.1 Å². The van der Waals surface area contributed by atoms with Gasteiger partial charge in [0.05, 0.1) is 6.54 Å². The minimum absolute atomic E-state index is 0.00838. The number of fused-ring (bicyclic) bond motifs is 1. The summed E-state index contributed by atoms with van der Waals surface area (Å²) in [6, 6.07) is 7.08. The predicted molar refractivity (Wildman–Crippen MR) is 108 cm³/mol. The van der Waals surface area contributed by atoms with Gasteiger partial charge in [0.1, 0.15) is 35.5 Å². The Morgan fingerprint density at radius 2 is 2.10 bits per heavy atom. The van der Waals surface area contributed by atoms with Gasteiger partial charge in [-0.2, -0.15) is 5.10 Å². The number of imidazole rings is 1. The van der Waals surface area contributed by atoms with Crippen LogP contribution in [0.5, 0.6) is 0 Å². The molecular formula is C22H21F2N5O. The summed E-state index contributed by atoms with van der Waals surface area (Å²) in [4.78, 5) is 8.10. The lowest BCUT2D eigenvalue weighted by Crippen LogP contribution is -2.39. The van der Waals surface area contributed by atoms with Crippen molar-refractivity contribution < 1.29 is 13.9 Å². The molecule has 4 aromatic rings. The fourth-order valence-electron chi connectivity index (χ4n) is 3.55. The van der Waals surface area contributed by atoms with Crippen LogP contribution in [0.25, 0.3) is 11.7 Å². The molecule has 2 atom stereocenters. The highest BCUT2D eigenvalue weighted by atomic mass is 19.1. The number of allylic oxidation sites excluding steroid dienone is 1. The summed E-state index contributed by atoms with van der Waals surface area (Å²) in [5, 5.41) is 15.5. The second-order valence-corrected chi connectivity index (χ2v) is 7.34. The highest BCUT2D eigenvalue weighted by Crippen LogP contribution is 2.35. The molecule has 1 N–H and O–H groups in total. The summed E-state index contributed by atoms with van der Waals surface area (Å²) in [5.74, 6) is -1.88. The zero-order valence-electron chi connectivity index (χ0n) is 16.4. The van der Waals surface area contributed by atoms with E-state index in [1.165, 1.54) is 23.4 Å². The van der Waals surface area contributed by atoms with E-state index in [0.717, 1.165) is 23.3 Å². The molecule has 0 aliphatic rings. The molecule has 1 aromatic carbocycles. The maximum atomic E-state index is 14.6. The normalized spacial score (nSPS) is 14.9. The molecule has 8 heteroatoms. The minimum atomic E-state index is -1.61. The van der Waals surface area contributed by atoms with Gasteiger partial charge in [-0.25, -0.2) is 23.4 Å². The standard InChI is InChI=1S/C22H21F2N5O/c1-16(3-2-4-17-5-8-21-26-9-10-28(21)12-17)22(30,13-29-15-25-14-27-29)19-7-6-18(23)11-20(19)24/h2,4-12,14-16,30H,3,13H2,1H3/b4-2+/t16-,22+/m0/s1. The maximum absolute atomic E-state index is 14.6. The Bertz CT molecular complexity index is 1170. The van der Waals surface area contributed by atoms with E-state index in [1.54, 1.807) is 6.20 Å². The quantitative estimate of drug-likeness (QED) is 0.504. The van der Waals surface area contributed by atoms with E-state index in [-0.39, 0.29) is 12.1 Å². The number of pyridine rings is 1. The summed E-state index contributed by atoms with van der Waals surface area (Å²) in [7, 11) is 0. The number of halogens is 2. The SMILES string of the molecule is C[C@@H](C/C=C/c1ccc2nccn2c1)[C@](O)(Cn1cncn1)c1ccc(F)cc1F.